The predicted molar refractivity (Wildman–Crippen MR) is 147 cm³/mol. The second kappa shape index (κ2) is 9.96. The van der Waals surface area contributed by atoms with E-state index in [1.54, 1.807) is 30.1 Å². The second-order valence-electron chi connectivity index (χ2n) is 8.49. The summed E-state index contributed by atoms with van der Waals surface area (Å²) >= 11 is 7.31. The van der Waals surface area contributed by atoms with E-state index in [4.69, 9.17) is 16.6 Å². The molecule has 2 aromatic heterocycles. The summed E-state index contributed by atoms with van der Waals surface area (Å²) in [6.07, 6.45) is 2.88. The standard InChI is InChI=1S/C26H24N4O3S3/c1-17-6-12-20(13-7-17)35-23-15-14-22(33-23)25-24(21-5-3-4-16-27-21)28-26(34)30(25)19-10-8-18(9-11-19)29-36(2,31)32/h3-16,24-25,29H,1-2H3,(H,28,34)/t24-,25-/m1/s1. The zero-order chi connectivity index (χ0) is 25.3. The molecule has 1 saturated heterocycles. The molecule has 1 aliphatic heterocycles. The summed E-state index contributed by atoms with van der Waals surface area (Å²) in [7, 11) is -3.37. The number of anilines is 2. The molecule has 0 unspecified atom stereocenters. The third-order valence-electron chi connectivity index (χ3n) is 5.68. The molecule has 2 N–H and O–H groups in total. The third-order valence-corrected chi connectivity index (χ3v) is 7.53. The Morgan fingerprint density at radius 3 is 2.44 bits per heavy atom. The average molecular weight is 537 g/mol. The van der Waals surface area contributed by atoms with E-state index in [1.807, 2.05) is 47.4 Å². The number of pyridine rings is 1. The van der Waals surface area contributed by atoms with Gasteiger partial charge in [0.1, 0.15) is 11.8 Å². The Bertz CT molecular complexity index is 1470. The fraction of sp³-hybridized carbons (Fsp3) is 0.154. The Morgan fingerprint density at radius 1 is 1.03 bits per heavy atom. The van der Waals surface area contributed by atoms with Gasteiger partial charge >= 0.3 is 0 Å². The van der Waals surface area contributed by atoms with Crippen molar-refractivity contribution >= 4 is 50.5 Å². The van der Waals surface area contributed by atoms with Crippen molar-refractivity contribution < 1.29 is 12.8 Å². The van der Waals surface area contributed by atoms with Crippen LogP contribution in [-0.2, 0) is 10.0 Å². The molecule has 3 heterocycles. The maximum Gasteiger partial charge on any atom is 0.229 e. The van der Waals surface area contributed by atoms with Gasteiger partial charge in [0.15, 0.2) is 10.2 Å². The molecule has 184 valence electrons. The van der Waals surface area contributed by atoms with Gasteiger partial charge in [-0.25, -0.2) is 8.42 Å². The summed E-state index contributed by atoms with van der Waals surface area (Å²) in [5, 5.41) is 4.71. The molecule has 1 fully saturated rings. The van der Waals surface area contributed by atoms with E-state index in [0.29, 0.717) is 10.8 Å². The lowest BCUT2D eigenvalue weighted by Crippen LogP contribution is -2.29. The molecule has 0 amide bonds. The molecule has 0 spiro atoms. The van der Waals surface area contributed by atoms with E-state index in [0.717, 1.165) is 33.4 Å². The zero-order valence-electron chi connectivity index (χ0n) is 19.6. The quantitative estimate of drug-likeness (QED) is 0.292. The molecule has 5 rings (SSSR count). The van der Waals surface area contributed by atoms with Crippen LogP contribution in [-0.4, -0.2) is 24.8 Å². The van der Waals surface area contributed by atoms with Crippen molar-refractivity contribution in [2.75, 3.05) is 15.9 Å². The molecule has 2 aromatic carbocycles. The van der Waals surface area contributed by atoms with Crippen molar-refractivity contribution in [1.82, 2.24) is 10.3 Å². The molecule has 0 aliphatic carbocycles. The van der Waals surface area contributed by atoms with Crippen molar-refractivity contribution in [3.05, 3.63) is 102 Å². The number of rotatable bonds is 7. The number of hydrogen-bond acceptors (Lipinski definition) is 6. The second-order valence-corrected chi connectivity index (χ2v) is 11.7. The normalized spacial score (nSPS) is 17.7. The van der Waals surface area contributed by atoms with Crippen molar-refractivity contribution in [2.24, 2.45) is 0 Å². The van der Waals surface area contributed by atoms with Crippen LogP contribution in [0.15, 0.2) is 99.5 Å². The van der Waals surface area contributed by atoms with E-state index in [-0.39, 0.29) is 12.1 Å². The lowest BCUT2D eigenvalue weighted by Gasteiger charge is -2.26. The molecule has 7 nitrogen and oxygen atoms in total. The van der Waals surface area contributed by atoms with Gasteiger partial charge in [-0.15, -0.1) is 0 Å². The smallest absolute Gasteiger partial charge is 0.229 e. The highest BCUT2D eigenvalue weighted by molar-refractivity contribution is 7.99. The van der Waals surface area contributed by atoms with Gasteiger partial charge in [-0.1, -0.05) is 35.5 Å². The number of thiocarbonyl (C=S) groups is 1. The van der Waals surface area contributed by atoms with E-state index in [9.17, 15) is 8.42 Å². The summed E-state index contributed by atoms with van der Waals surface area (Å²) in [5.74, 6) is 0.742. The third kappa shape index (κ3) is 5.40. The largest absolute Gasteiger partial charge is 0.452 e. The molecular formula is C26H24N4O3S3. The number of nitrogens with zero attached hydrogens (tertiary/aromatic N) is 2. The van der Waals surface area contributed by atoms with Crippen LogP contribution in [0.2, 0.25) is 0 Å². The van der Waals surface area contributed by atoms with Crippen LogP contribution in [0.5, 0.6) is 0 Å². The molecule has 10 heteroatoms. The molecule has 0 bridgehead atoms. The first-order chi connectivity index (χ1) is 17.3. The highest BCUT2D eigenvalue weighted by atomic mass is 32.2. The first kappa shape index (κ1) is 24.4. The van der Waals surface area contributed by atoms with Crippen LogP contribution in [0, 0.1) is 6.92 Å². The Balaban J connectivity index is 1.49. The summed E-state index contributed by atoms with van der Waals surface area (Å²) in [6.45, 7) is 2.06. The topological polar surface area (TPSA) is 87.5 Å². The fourth-order valence-corrected chi connectivity index (χ4v) is 5.79. The Labute approximate surface area is 220 Å². The Morgan fingerprint density at radius 2 is 1.78 bits per heavy atom. The van der Waals surface area contributed by atoms with Crippen LogP contribution >= 0.6 is 24.0 Å². The number of furan rings is 1. The van der Waals surface area contributed by atoms with Crippen molar-refractivity contribution in [2.45, 2.75) is 29.0 Å². The number of sulfonamides is 1. The van der Waals surface area contributed by atoms with Crippen LogP contribution in [0.1, 0.15) is 29.1 Å². The van der Waals surface area contributed by atoms with E-state index in [2.05, 4.69) is 46.2 Å². The summed E-state index contributed by atoms with van der Waals surface area (Å²) in [6, 6.07) is 24.6. The number of hydrogen-bond donors (Lipinski definition) is 2. The minimum atomic E-state index is -3.37. The number of aromatic nitrogens is 1. The maximum absolute atomic E-state index is 11.6. The molecule has 36 heavy (non-hydrogen) atoms. The minimum Gasteiger partial charge on any atom is -0.452 e. The van der Waals surface area contributed by atoms with Crippen LogP contribution < -0.4 is 14.9 Å². The summed E-state index contributed by atoms with van der Waals surface area (Å²) in [5.41, 5.74) is 3.33. The number of nitrogens with one attached hydrogen (secondary N) is 2. The molecule has 0 saturated carbocycles. The first-order valence-corrected chi connectivity index (χ1v) is 14.3. The van der Waals surface area contributed by atoms with Gasteiger partial charge in [-0.05, 0) is 79.8 Å². The van der Waals surface area contributed by atoms with Gasteiger partial charge < -0.3 is 14.6 Å². The number of benzene rings is 2. The monoisotopic (exact) mass is 536 g/mol. The molecule has 4 aromatic rings. The fourth-order valence-electron chi connectivity index (χ4n) is 4.10. The van der Waals surface area contributed by atoms with E-state index in [1.165, 1.54) is 5.56 Å². The minimum absolute atomic E-state index is 0.240. The average Bonchev–Trinajstić information content (AvgIpc) is 3.44. The molecule has 1 aliphatic rings. The van der Waals surface area contributed by atoms with Crippen LogP contribution in [0.4, 0.5) is 11.4 Å². The lowest BCUT2D eigenvalue weighted by atomic mass is 10.0. The Kier molecular flexibility index (Phi) is 6.74. The van der Waals surface area contributed by atoms with Gasteiger partial charge in [-0.3, -0.25) is 9.71 Å². The van der Waals surface area contributed by atoms with Crippen LogP contribution in [0.3, 0.4) is 0 Å². The zero-order valence-corrected chi connectivity index (χ0v) is 22.0. The van der Waals surface area contributed by atoms with Gasteiger partial charge in [-0.2, -0.15) is 0 Å². The lowest BCUT2D eigenvalue weighted by molar-refractivity contribution is 0.383. The summed E-state index contributed by atoms with van der Waals surface area (Å²) in [4.78, 5) is 7.64. The highest BCUT2D eigenvalue weighted by Gasteiger charge is 2.42. The predicted octanol–water partition coefficient (Wildman–Crippen LogP) is 5.68. The van der Waals surface area contributed by atoms with Crippen molar-refractivity contribution in [3.8, 4) is 0 Å². The number of aryl methyl sites for hydroxylation is 1. The maximum atomic E-state index is 11.6. The van der Waals surface area contributed by atoms with Crippen molar-refractivity contribution in [1.29, 1.82) is 0 Å². The molecule has 2 atom stereocenters. The first-order valence-electron chi connectivity index (χ1n) is 11.2. The molecular weight excluding hydrogens is 513 g/mol. The van der Waals surface area contributed by atoms with Gasteiger partial charge in [0, 0.05) is 22.5 Å². The van der Waals surface area contributed by atoms with Crippen LogP contribution in [0.25, 0.3) is 0 Å². The SMILES string of the molecule is Cc1ccc(Sc2ccc([C@@H]3[C@@H](c4ccccn4)NC(=S)N3c3ccc(NS(C)(=O)=O)cc3)o2)cc1. The van der Waals surface area contributed by atoms with Gasteiger partial charge in [0.05, 0.1) is 18.0 Å². The highest BCUT2D eigenvalue weighted by Crippen LogP contribution is 2.43. The van der Waals surface area contributed by atoms with E-state index < -0.39 is 10.0 Å². The van der Waals surface area contributed by atoms with Gasteiger partial charge in [0.2, 0.25) is 10.0 Å². The van der Waals surface area contributed by atoms with Crippen molar-refractivity contribution in [3.63, 3.8) is 0 Å². The van der Waals surface area contributed by atoms with E-state index >= 15 is 0 Å². The molecule has 0 radical (unpaired) electrons. The Hall–Kier alpha value is -3.34. The van der Waals surface area contributed by atoms with Gasteiger partial charge in [0.25, 0.3) is 0 Å². The summed E-state index contributed by atoms with van der Waals surface area (Å²) < 4.78 is 32.1.